The molecule has 0 bridgehead atoms. The Balaban J connectivity index is 2.36. The summed E-state index contributed by atoms with van der Waals surface area (Å²) in [5.74, 6) is 0. The molecule has 0 N–H and O–H groups in total. The molecule has 0 spiro atoms. The molecule has 0 radical (unpaired) electrons. The number of hydrogen-bond acceptors (Lipinski definition) is 2. The van der Waals surface area contributed by atoms with Crippen molar-refractivity contribution in [1.82, 2.24) is 5.06 Å². The number of nitrogens with zero attached hydrogens (tertiary/aromatic N) is 1. The lowest BCUT2D eigenvalue weighted by Crippen LogP contribution is -2.21. The molecular formula is C6H11NO. The predicted molar refractivity (Wildman–Crippen MR) is 32.1 cm³/mol. The van der Waals surface area contributed by atoms with Gasteiger partial charge < -0.3 is 0 Å². The van der Waals surface area contributed by atoms with Gasteiger partial charge in [0.05, 0.1) is 12.6 Å². The fourth-order valence-electron chi connectivity index (χ4n) is 0.640. The first-order chi connectivity index (χ1) is 3.80. The summed E-state index contributed by atoms with van der Waals surface area (Å²) in [6.07, 6.45) is 3.96. The van der Waals surface area contributed by atoms with Crippen molar-refractivity contribution in [3.63, 3.8) is 0 Å². The molecule has 0 saturated carbocycles. The Kier molecular flexibility index (Phi) is 1.53. The van der Waals surface area contributed by atoms with Gasteiger partial charge in [0.25, 0.3) is 0 Å². The molecule has 0 aromatic rings. The molecule has 0 aromatic heterocycles. The van der Waals surface area contributed by atoms with Crippen LogP contribution in [0.2, 0.25) is 0 Å². The van der Waals surface area contributed by atoms with Crippen LogP contribution in [0.1, 0.15) is 13.8 Å². The minimum atomic E-state index is 0.466. The van der Waals surface area contributed by atoms with Crippen LogP contribution in [0, 0.1) is 0 Å². The zero-order valence-corrected chi connectivity index (χ0v) is 5.29. The highest BCUT2D eigenvalue weighted by molar-refractivity contribution is 4.84. The van der Waals surface area contributed by atoms with Gasteiger partial charge in [0, 0.05) is 6.20 Å². The molecule has 0 aromatic carbocycles. The van der Waals surface area contributed by atoms with E-state index in [9.17, 15) is 0 Å². The second kappa shape index (κ2) is 2.18. The summed E-state index contributed by atoms with van der Waals surface area (Å²) in [6, 6.07) is 0.466. The van der Waals surface area contributed by atoms with E-state index in [1.165, 1.54) is 0 Å². The lowest BCUT2D eigenvalue weighted by Gasteiger charge is -2.17. The molecule has 2 heteroatoms. The van der Waals surface area contributed by atoms with Crippen molar-refractivity contribution in [3.05, 3.63) is 12.3 Å². The van der Waals surface area contributed by atoms with Gasteiger partial charge in [0.2, 0.25) is 0 Å². The van der Waals surface area contributed by atoms with Crippen LogP contribution in [0.15, 0.2) is 12.3 Å². The molecule has 1 heterocycles. The number of rotatable bonds is 1. The monoisotopic (exact) mass is 113 g/mol. The van der Waals surface area contributed by atoms with Crippen LogP contribution < -0.4 is 0 Å². The van der Waals surface area contributed by atoms with E-state index in [2.05, 4.69) is 13.8 Å². The molecule has 0 aliphatic carbocycles. The van der Waals surface area contributed by atoms with Crippen LogP contribution >= 0.6 is 0 Å². The zero-order chi connectivity index (χ0) is 5.98. The predicted octanol–water partition coefficient (Wildman–Crippen LogP) is 1.16. The summed E-state index contributed by atoms with van der Waals surface area (Å²) in [7, 11) is 0. The van der Waals surface area contributed by atoms with Gasteiger partial charge in [0.1, 0.15) is 0 Å². The van der Waals surface area contributed by atoms with Crippen molar-refractivity contribution in [1.29, 1.82) is 0 Å². The molecule has 1 aliphatic rings. The third-order valence-corrected chi connectivity index (χ3v) is 1.08. The standard InChI is InChI=1S/C6H11NO/c1-6(2)7-4-3-5-8-7/h3-4,6H,5H2,1-2H3. The van der Waals surface area contributed by atoms with E-state index >= 15 is 0 Å². The van der Waals surface area contributed by atoms with Crippen molar-refractivity contribution in [3.8, 4) is 0 Å². The number of hydrogen-bond donors (Lipinski definition) is 0. The molecule has 1 aliphatic heterocycles. The maximum atomic E-state index is 5.14. The fraction of sp³-hybridized carbons (Fsp3) is 0.667. The second-order valence-electron chi connectivity index (χ2n) is 2.13. The first-order valence-electron chi connectivity index (χ1n) is 2.88. The first-order valence-corrected chi connectivity index (χ1v) is 2.88. The topological polar surface area (TPSA) is 12.5 Å². The molecule has 2 nitrogen and oxygen atoms in total. The molecule has 0 atom stereocenters. The lowest BCUT2D eigenvalue weighted by molar-refractivity contribution is -0.112. The molecule has 46 valence electrons. The van der Waals surface area contributed by atoms with Gasteiger partial charge in [0.15, 0.2) is 0 Å². The van der Waals surface area contributed by atoms with Gasteiger partial charge in [-0.25, -0.2) is 0 Å². The van der Waals surface area contributed by atoms with E-state index < -0.39 is 0 Å². The summed E-state index contributed by atoms with van der Waals surface area (Å²) in [6.45, 7) is 4.92. The molecule has 8 heavy (non-hydrogen) atoms. The van der Waals surface area contributed by atoms with Crippen molar-refractivity contribution in [2.45, 2.75) is 19.9 Å². The third-order valence-electron chi connectivity index (χ3n) is 1.08. The quantitative estimate of drug-likeness (QED) is 0.506. The van der Waals surface area contributed by atoms with Crippen LogP contribution in [0.3, 0.4) is 0 Å². The van der Waals surface area contributed by atoms with E-state index in [1.54, 1.807) is 0 Å². The SMILES string of the molecule is CC(C)N1C=CCO1. The van der Waals surface area contributed by atoms with Crippen molar-refractivity contribution in [2.75, 3.05) is 6.61 Å². The van der Waals surface area contributed by atoms with Crippen molar-refractivity contribution in [2.24, 2.45) is 0 Å². The Bertz CT molecular complexity index is 98.7. The second-order valence-corrected chi connectivity index (χ2v) is 2.13. The van der Waals surface area contributed by atoms with Crippen LogP contribution in [0.5, 0.6) is 0 Å². The van der Waals surface area contributed by atoms with Gasteiger partial charge in [-0.05, 0) is 19.9 Å². The number of hydroxylamine groups is 2. The highest BCUT2D eigenvalue weighted by Crippen LogP contribution is 2.05. The zero-order valence-electron chi connectivity index (χ0n) is 5.29. The Morgan fingerprint density at radius 1 is 1.62 bits per heavy atom. The molecule has 0 unspecified atom stereocenters. The molecular weight excluding hydrogens is 102 g/mol. The van der Waals surface area contributed by atoms with Crippen molar-refractivity contribution >= 4 is 0 Å². The normalized spacial score (nSPS) is 18.6. The Hall–Kier alpha value is -0.500. The molecule has 0 amide bonds. The fourth-order valence-corrected chi connectivity index (χ4v) is 0.640. The molecule has 0 saturated heterocycles. The van der Waals surface area contributed by atoms with Gasteiger partial charge >= 0.3 is 0 Å². The van der Waals surface area contributed by atoms with Gasteiger partial charge in [-0.2, -0.15) is 0 Å². The summed E-state index contributed by atoms with van der Waals surface area (Å²) in [5, 5.41) is 1.85. The maximum absolute atomic E-state index is 5.14. The summed E-state index contributed by atoms with van der Waals surface area (Å²) >= 11 is 0. The van der Waals surface area contributed by atoms with Gasteiger partial charge in [-0.15, -0.1) is 0 Å². The van der Waals surface area contributed by atoms with Crippen LogP contribution in [-0.4, -0.2) is 17.7 Å². The van der Waals surface area contributed by atoms with E-state index in [0.29, 0.717) is 6.04 Å². The lowest BCUT2D eigenvalue weighted by atomic mass is 10.4. The van der Waals surface area contributed by atoms with E-state index in [1.807, 2.05) is 17.3 Å². The summed E-state index contributed by atoms with van der Waals surface area (Å²) in [4.78, 5) is 5.14. The van der Waals surface area contributed by atoms with E-state index in [-0.39, 0.29) is 0 Å². The third kappa shape index (κ3) is 1.01. The van der Waals surface area contributed by atoms with Gasteiger partial charge in [-0.1, -0.05) is 0 Å². The minimum Gasteiger partial charge on any atom is -0.270 e. The minimum absolute atomic E-state index is 0.466. The highest BCUT2D eigenvalue weighted by Gasteiger charge is 2.06. The summed E-state index contributed by atoms with van der Waals surface area (Å²) < 4.78 is 0. The largest absolute Gasteiger partial charge is 0.270 e. The van der Waals surface area contributed by atoms with Gasteiger partial charge in [-0.3, -0.25) is 9.90 Å². The van der Waals surface area contributed by atoms with Crippen molar-refractivity contribution < 1.29 is 4.84 Å². The highest BCUT2D eigenvalue weighted by atomic mass is 16.7. The van der Waals surface area contributed by atoms with E-state index in [4.69, 9.17) is 4.84 Å². The Morgan fingerprint density at radius 3 is 2.62 bits per heavy atom. The Morgan fingerprint density at radius 2 is 2.38 bits per heavy atom. The maximum Gasteiger partial charge on any atom is 0.0947 e. The Labute approximate surface area is 49.7 Å². The smallest absolute Gasteiger partial charge is 0.0947 e. The summed E-state index contributed by atoms with van der Waals surface area (Å²) in [5.41, 5.74) is 0. The molecule has 0 fully saturated rings. The average molecular weight is 113 g/mol. The van der Waals surface area contributed by atoms with E-state index in [0.717, 1.165) is 6.61 Å². The molecule has 1 rings (SSSR count). The van der Waals surface area contributed by atoms with Crippen LogP contribution in [0.4, 0.5) is 0 Å². The van der Waals surface area contributed by atoms with Crippen LogP contribution in [0.25, 0.3) is 0 Å². The van der Waals surface area contributed by atoms with Crippen LogP contribution in [-0.2, 0) is 4.84 Å². The average Bonchev–Trinajstić information content (AvgIpc) is 2.12. The first kappa shape index (κ1) is 5.63.